The van der Waals surface area contributed by atoms with Gasteiger partial charge in [-0.05, 0) is 12.1 Å². The van der Waals surface area contributed by atoms with Crippen molar-refractivity contribution in [2.75, 3.05) is 5.75 Å². The molecule has 0 aromatic carbocycles. The van der Waals surface area contributed by atoms with E-state index in [0.29, 0.717) is 16.9 Å². The van der Waals surface area contributed by atoms with Gasteiger partial charge in [-0.2, -0.15) is 0 Å². The van der Waals surface area contributed by atoms with Crippen LogP contribution in [0.1, 0.15) is 0 Å². The molecule has 3 rings (SSSR count). The second-order valence-corrected chi connectivity index (χ2v) is 6.30. The third-order valence-corrected chi connectivity index (χ3v) is 4.70. The van der Waals surface area contributed by atoms with Crippen molar-refractivity contribution in [3.63, 3.8) is 0 Å². The zero-order chi connectivity index (χ0) is 16.4. The zero-order valence-electron chi connectivity index (χ0n) is 11.9. The SMILES string of the molecule is O[C@@H]1[C@@H](O)[C@@H](Oc2cncc(-c3cncc(F)c3)c2)SC[C@H]1O. The first kappa shape index (κ1) is 16.1. The molecule has 0 amide bonds. The monoisotopic (exact) mass is 338 g/mol. The first-order chi connectivity index (χ1) is 11.0. The van der Waals surface area contributed by atoms with Crippen molar-refractivity contribution in [2.24, 2.45) is 0 Å². The molecule has 1 saturated heterocycles. The highest BCUT2D eigenvalue weighted by atomic mass is 32.2. The average Bonchev–Trinajstić information content (AvgIpc) is 2.56. The van der Waals surface area contributed by atoms with E-state index in [4.69, 9.17) is 4.74 Å². The van der Waals surface area contributed by atoms with Crippen LogP contribution in [0.4, 0.5) is 4.39 Å². The van der Waals surface area contributed by atoms with E-state index >= 15 is 0 Å². The fourth-order valence-electron chi connectivity index (χ4n) is 2.23. The Labute approximate surface area is 136 Å². The predicted octanol–water partition coefficient (Wildman–Crippen LogP) is 0.817. The predicted molar refractivity (Wildman–Crippen MR) is 82.3 cm³/mol. The summed E-state index contributed by atoms with van der Waals surface area (Å²) in [6.07, 6.45) is 2.16. The number of hydrogen-bond donors (Lipinski definition) is 3. The quantitative estimate of drug-likeness (QED) is 0.762. The molecule has 2 aromatic heterocycles. The Hall–Kier alpha value is -1.74. The summed E-state index contributed by atoms with van der Waals surface area (Å²) < 4.78 is 18.9. The van der Waals surface area contributed by atoms with Crippen LogP contribution in [0.3, 0.4) is 0 Å². The van der Waals surface area contributed by atoms with Crippen LogP contribution in [0.25, 0.3) is 11.1 Å². The number of aromatic nitrogens is 2. The highest BCUT2D eigenvalue weighted by Gasteiger charge is 2.38. The Balaban J connectivity index is 1.78. The molecule has 3 heterocycles. The minimum Gasteiger partial charge on any atom is -0.475 e. The van der Waals surface area contributed by atoms with Gasteiger partial charge in [0, 0.05) is 29.3 Å². The van der Waals surface area contributed by atoms with Gasteiger partial charge in [-0.3, -0.25) is 9.97 Å². The largest absolute Gasteiger partial charge is 0.475 e. The number of aliphatic hydroxyl groups excluding tert-OH is 3. The number of rotatable bonds is 3. The summed E-state index contributed by atoms with van der Waals surface area (Å²) >= 11 is 1.20. The fourth-order valence-corrected chi connectivity index (χ4v) is 3.35. The molecule has 0 saturated carbocycles. The molecule has 0 radical (unpaired) electrons. The van der Waals surface area contributed by atoms with E-state index in [1.807, 2.05) is 0 Å². The van der Waals surface area contributed by atoms with Crippen molar-refractivity contribution in [2.45, 2.75) is 23.7 Å². The fraction of sp³-hybridized carbons (Fsp3) is 0.333. The molecule has 0 bridgehead atoms. The highest BCUT2D eigenvalue weighted by molar-refractivity contribution is 7.99. The van der Waals surface area contributed by atoms with Gasteiger partial charge in [-0.25, -0.2) is 4.39 Å². The molecule has 122 valence electrons. The Bertz CT molecular complexity index is 690. The lowest BCUT2D eigenvalue weighted by Crippen LogP contribution is -2.50. The lowest BCUT2D eigenvalue weighted by atomic mass is 10.1. The van der Waals surface area contributed by atoms with Crippen LogP contribution < -0.4 is 4.74 Å². The zero-order valence-corrected chi connectivity index (χ0v) is 12.7. The summed E-state index contributed by atoms with van der Waals surface area (Å²) in [6.45, 7) is 0. The average molecular weight is 338 g/mol. The van der Waals surface area contributed by atoms with Gasteiger partial charge in [0.2, 0.25) is 0 Å². The summed E-state index contributed by atoms with van der Waals surface area (Å²) in [5.74, 6) is 0.167. The van der Waals surface area contributed by atoms with E-state index in [2.05, 4.69) is 9.97 Å². The third kappa shape index (κ3) is 3.61. The lowest BCUT2D eigenvalue weighted by Gasteiger charge is -2.34. The number of thioether (sulfide) groups is 1. The van der Waals surface area contributed by atoms with E-state index in [1.165, 1.54) is 30.2 Å². The number of hydrogen-bond acceptors (Lipinski definition) is 7. The second kappa shape index (κ2) is 6.79. The molecule has 1 aliphatic heterocycles. The standard InChI is InChI=1S/C15H15FN2O4S/c16-10-1-8(3-17-5-10)9-2-11(6-18-4-9)22-15-14(21)13(20)12(19)7-23-15/h1-6,12-15,19-21H,7H2/t12-,13+,14-,15+/m1/s1. The van der Waals surface area contributed by atoms with Crippen LogP contribution in [-0.2, 0) is 0 Å². The van der Waals surface area contributed by atoms with E-state index in [9.17, 15) is 19.7 Å². The maximum Gasteiger partial charge on any atom is 0.173 e. The Morgan fingerprint density at radius 2 is 1.70 bits per heavy atom. The van der Waals surface area contributed by atoms with Crippen LogP contribution in [0.2, 0.25) is 0 Å². The number of nitrogens with zero attached hydrogens (tertiary/aromatic N) is 2. The summed E-state index contributed by atoms with van der Waals surface area (Å²) in [6, 6.07) is 2.98. The van der Waals surface area contributed by atoms with Crippen LogP contribution in [-0.4, -0.2) is 54.8 Å². The molecule has 4 atom stereocenters. The Kier molecular flexibility index (Phi) is 4.76. The normalized spacial score (nSPS) is 27.7. The maximum atomic E-state index is 13.3. The maximum absolute atomic E-state index is 13.3. The molecule has 6 nitrogen and oxygen atoms in total. The van der Waals surface area contributed by atoms with E-state index < -0.39 is 29.6 Å². The van der Waals surface area contributed by atoms with Crippen molar-refractivity contribution < 1.29 is 24.4 Å². The number of ether oxygens (including phenoxy) is 1. The Morgan fingerprint density at radius 1 is 1.00 bits per heavy atom. The van der Waals surface area contributed by atoms with E-state index in [-0.39, 0.29) is 5.75 Å². The van der Waals surface area contributed by atoms with Crippen molar-refractivity contribution in [3.05, 3.63) is 42.7 Å². The minimum atomic E-state index is -1.26. The van der Waals surface area contributed by atoms with Gasteiger partial charge in [0.15, 0.2) is 5.44 Å². The summed E-state index contributed by atoms with van der Waals surface area (Å²) in [5.41, 5.74) is 0.441. The van der Waals surface area contributed by atoms with Gasteiger partial charge < -0.3 is 20.1 Å². The van der Waals surface area contributed by atoms with E-state index in [1.54, 1.807) is 12.3 Å². The van der Waals surface area contributed by atoms with Gasteiger partial charge in [0.05, 0.1) is 18.5 Å². The smallest absolute Gasteiger partial charge is 0.173 e. The Morgan fingerprint density at radius 3 is 2.43 bits per heavy atom. The molecular weight excluding hydrogens is 323 g/mol. The van der Waals surface area contributed by atoms with Gasteiger partial charge in [-0.15, -0.1) is 11.8 Å². The molecule has 1 fully saturated rings. The summed E-state index contributed by atoms with van der Waals surface area (Å²) in [7, 11) is 0. The number of aliphatic hydroxyl groups is 3. The summed E-state index contributed by atoms with van der Waals surface area (Å²) in [4.78, 5) is 7.82. The number of halogens is 1. The lowest BCUT2D eigenvalue weighted by molar-refractivity contribution is -0.0786. The molecule has 8 heteroatoms. The highest BCUT2D eigenvalue weighted by Crippen LogP contribution is 2.30. The molecule has 0 aliphatic carbocycles. The molecule has 3 N–H and O–H groups in total. The minimum absolute atomic E-state index is 0.254. The molecule has 1 aliphatic rings. The van der Waals surface area contributed by atoms with Crippen molar-refractivity contribution in [3.8, 4) is 16.9 Å². The van der Waals surface area contributed by atoms with Gasteiger partial charge >= 0.3 is 0 Å². The van der Waals surface area contributed by atoms with Crippen molar-refractivity contribution in [1.29, 1.82) is 0 Å². The van der Waals surface area contributed by atoms with Crippen LogP contribution in [0, 0.1) is 5.82 Å². The number of pyridine rings is 2. The van der Waals surface area contributed by atoms with Gasteiger partial charge in [0.25, 0.3) is 0 Å². The van der Waals surface area contributed by atoms with Crippen molar-refractivity contribution in [1.82, 2.24) is 9.97 Å². The molecule has 0 unspecified atom stereocenters. The molecular formula is C15H15FN2O4S. The first-order valence-electron chi connectivity index (χ1n) is 6.93. The van der Waals surface area contributed by atoms with Crippen LogP contribution in [0.5, 0.6) is 5.75 Å². The van der Waals surface area contributed by atoms with E-state index in [0.717, 1.165) is 6.20 Å². The van der Waals surface area contributed by atoms with Crippen molar-refractivity contribution >= 4 is 11.8 Å². The van der Waals surface area contributed by atoms with Gasteiger partial charge in [0.1, 0.15) is 23.8 Å². The van der Waals surface area contributed by atoms with Crippen LogP contribution in [0.15, 0.2) is 36.9 Å². The third-order valence-electron chi connectivity index (χ3n) is 3.46. The first-order valence-corrected chi connectivity index (χ1v) is 7.98. The van der Waals surface area contributed by atoms with Gasteiger partial charge in [-0.1, -0.05) is 0 Å². The second-order valence-electron chi connectivity index (χ2n) is 5.17. The van der Waals surface area contributed by atoms with Crippen LogP contribution >= 0.6 is 11.8 Å². The molecule has 23 heavy (non-hydrogen) atoms. The molecule has 2 aromatic rings. The summed E-state index contributed by atoms with van der Waals surface area (Å²) in [5, 5.41) is 29.2. The molecule has 0 spiro atoms. The topological polar surface area (TPSA) is 95.7 Å².